The van der Waals surface area contributed by atoms with Crippen LogP contribution in [0.4, 0.5) is 13.2 Å². The molecule has 4 rings (SSSR count). The van der Waals surface area contributed by atoms with Crippen LogP contribution in [0, 0.1) is 6.92 Å². The second-order valence-corrected chi connectivity index (χ2v) is 8.50. The maximum Gasteiger partial charge on any atom is 0.573 e. The summed E-state index contributed by atoms with van der Waals surface area (Å²) >= 11 is 12.1. The van der Waals surface area contributed by atoms with Gasteiger partial charge in [0.2, 0.25) is 0 Å². The van der Waals surface area contributed by atoms with E-state index in [0.717, 1.165) is 6.07 Å². The van der Waals surface area contributed by atoms with Crippen LogP contribution < -0.4 is 9.47 Å². The van der Waals surface area contributed by atoms with Gasteiger partial charge in [0.1, 0.15) is 11.5 Å². The maximum absolute atomic E-state index is 13.5. The summed E-state index contributed by atoms with van der Waals surface area (Å²) < 4.78 is 49.6. The van der Waals surface area contributed by atoms with Gasteiger partial charge in [0.25, 0.3) is 0 Å². The summed E-state index contributed by atoms with van der Waals surface area (Å²) in [5.74, 6) is -2.01. The lowest BCUT2D eigenvalue weighted by Gasteiger charge is -2.13. The molecule has 0 spiro atoms. The van der Waals surface area contributed by atoms with Crippen LogP contribution in [0.5, 0.6) is 11.5 Å². The third-order valence-corrected chi connectivity index (χ3v) is 5.83. The third kappa shape index (κ3) is 5.27. The molecule has 0 unspecified atom stereocenters. The fraction of sp³-hybridized carbons (Fsp3) is 0.120. The molecule has 186 valence electrons. The van der Waals surface area contributed by atoms with Crippen molar-refractivity contribution in [2.75, 3.05) is 6.61 Å². The summed E-state index contributed by atoms with van der Waals surface area (Å²) in [4.78, 5) is 24.4. The molecule has 0 saturated carbocycles. The van der Waals surface area contributed by atoms with Crippen LogP contribution >= 0.6 is 23.2 Å². The Balaban J connectivity index is 1.94. The van der Waals surface area contributed by atoms with Crippen LogP contribution in [0.25, 0.3) is 16.6 Å². The number of aliphatic carboxylic acids is 1. The van der Waals surface area contributed by atoms with Crippen molar-refractivity contribution in [3.63, 3.8) is 0 Å². The van der Waals surface area contributed by atoms with Crippen molar-refractivity contribution in [3.8, 4) is 17.2 Å². The zero-order valence-corrected chi connectivity index (χ0v) is 19.9. The van der Waals surface area contributed by atoms with Crippen LogP contribution in [0.2, 0.25) is 10.0 Å². The number of hydrogen-bond acceptors (Lipinski definition) is 4. The Morgan fingerprint density at radius 3 is 2.33 bits per heavy atom. The Bertz CT molecular complexity index is 1480. The number of carboxylic acid groups (broad SMARTS) is 1. The van der Waals surface area contributed by atoms with E-state index >= 15 is 0 Å². The second-order valence-electron chi connectivity index (χ2n) is 7.66. The number of benzene rings is 3. The normalized spacial score (nSPS) is 11.5. The molecule has 0 atom stereocenters. The highest BCUT2D eigenvalue weighted by Crippen LogP contribution is 2.37. The first kappa shape index (κ1) is 25.4. The standard InChI is InChI=1S/C25H16Cl2F3NO5/c1-13-23(24(34)14-2-4-15(26)5-3-14)18-8-7-17(36-25(28,29)30)11-20(18)31(13)16-6-9-19(27)21(10-16)35-12-22(32)33/h2-11H,12H2,1H3,(H,32,33). The summed E-state index contributed by atoms with van der Waals surface area (Å²) in [6.45, 7) is 0.984. The largest absolute Gasteiger partial charge is 0.573 e. The third-order valence-electron chi connectivity index (χ3n) is 5.27. The van der Waals surface area contributed by atoms with Gasteiger partial charge in [0, 0.05) is 39.5 Å². The lowest BCUT2D eigenvalue weighted by atomic mass is 10.0. The molecule has 0 amide bonds. The number of rotatable bonds is 7. The van der Waals surface area contributed by atoms with E-state index in [1.807, 2.05) is 0 Å². The van der Waals surface area contributed by atoms with Gasteiger partial charge in [-0.05, 0) is 55.5 Å². The number of carbonyl (C=O) groups is 2. The minimum atomic E-state index is -4.92. The van der Waals surface area contributed by atoms with Crippen LogP contribution in [0.3, 0.4) is 0 Å². The molecule has 0 aliphatic heterocycles. The summed E-state index contributed by atoms with van der Waals surface area (Å²) in [6, 6.07) is 14.3. The van der Waals surface area contributed by atoms with Gasteiger partial charge >= 0.3 is 12.3 Å². The van der Waals surface area contributed by atoms with Gasteiger partial charge in [0.05, 0.1) is 16.1 Å². The number of alkyl halides is 3. The Morgan fingerprint density at radius 1 is 1.00 bits per heavy atom. The Hall–Kier alpha value is -3.69. The summed E-state index contributed by atoms with van der Waals surface area (Å²) in [5, 5.41) is 9.88. The number of ketones is 1. The minimum Gasteiger partial charge on any atom is -0.480 e. The molecule has 0 fully saturated rings. The number of carbonyl (C=O) groups excluding carboxylic acids is 1. The Kier molecular flexibility index (Phi) is 6.88. The van der Waals surface area contributed by atoms with Crippen molar-refractivity contribution in [3.05, 3.63) is 87.5 Å². The first-order valence-electron chi connectivity index (χ1n) is 10.3. The maximum atomic E-state index is 13.5. The van der Waals surface area contributed by atoms with Crippen molar-refractivity contribution in [2.24, 2.45) is 0 Å². The highest BCUT2D eigenvalue weighted by molar-refractivity contribution is 6.32. The zero-order valence-electron chi connectivity index (χ0n) is 18.4. The van der Waals surface area contributed by atoms with Crippen molar-refractivity contribution >= 4 is 45.9 Å². The monoisotopic (exact) mass is 537 g/mol. The SMILES string of the molecule is Cc1c(C(=O)c2ccc(Cl)cc2)c2ccc(OC(F)(F)F)cc2n1-c1ccc(Cl)c(OCC(=O)O)c1. The summed E-state index contributed by atoms with van der Waals surface area (Å²) in [5.41, 5.74) is 1.63. The number of hydrogen-bond donors (Lipinski definition) is 1. The van der Waals surface area contributed by atoms with E-state index in [4.69, 9.17) is 33.0 Å². The van der Waals surface area contributed by atoms with Crippen molar-refractivity contribution in [1.82, 2.24) is 4.57 Å². The van der Waals surface area contributed by atoms with E-state index in [0.29, 0.717) is 27.4 Å². The van der Waals surface area contributed by atoms with Crippen LogP contribution in [-0.4, -0.2) is 34.4 Å². The van der Waals surface area contributed by atoms with E-state index in [2.05, 4.69) is 4.74 Å². The van der Waals surface area contributed by atoms with E-state index in [1.165, 1.54) is 24.3 Å². The molecule has 0 radical (unpaired) electrons. The fourth-order valence-electron chi connectivity index (χ4n) is 3.84. The topological polar surface area (TPSA) is 77.8 Å². The summed E-state index contributed by atoms with van der Waals surface area (Å²) in [7, 11) is 0. The van der Waals surface area contributed by atoms with Gasteiger partial charge in [0.15, 0.2) is 12.4 Å². The molecule has 3 aromatic carbocycles. The van der Waals surface area contributed by atoms with Crippen LogP contribution in [0.15, 0.2) is 60.7 Å². The predicted octanol–water partition coefficient (Wildman–Crippen LogP) is 6.84. The van der Waals surface area contributed by atoms with E-state index in [9.17, 15) is 22.8 Å². The second kappa shape index (κ2) is 9.75. The van der Waals surface area contributed by atoms with E-state index in [-0.39, 0.29) is 27.6 Å². The first-order chi connectivity index (χ1) is 16.9. The quantitative estimate of drug-likeness (QED) is 0.261. The molecule has 11 heteroatoms. The molecule has 6 nitrogen and oxygen atoms in total. The molecule has 0 aliphatic rings. The number of aromatic nitrogens is 1. The molecule has 1 aromatic heterocycles. The molecule has 1 N–H and O–H groups in total. The first-order valence-corrected chi connectivity index (χ1v) is 11.1. The van der Waals surface area contributed by atoms with Crippen LogP contribution in [-0.2, 0) is 4.79 Å². The number of carboxylic acids is 1. The molecule has 0 saturated heterocycles. The lowest BCUT2D eigenvalue weighted by molar-refractivity contribution is -0.274. The van der Waals surface area contributed by atoms with Gasteiger partial charge in [-0.15, -0.1) is 13.2 Å². The molecule has 1 heterocycles. The molecule has 36 heavy (non-hydrogen) atoms. The average molecular weight is 538 g/mol. The van der Waals surface area contributed by atoms with Crippen molar-refractivity contribution < 1.29 is 37.3 Å². The Morgan fingerprint density at radius 2 is 1.69 bits per heavy atom. The predicted molar refractivity (Wildman–Crippen MR) is 128 cm³/mol. The van der Waals surface area contributed by atoms with Crippen LogP contribution in [0.1, 0.15) is 21.6 Å². The summed E-state index contributed by atoms with van der Waals surface area (Å²) in [6.07, 6.45) is -4.92. The van der Waals surface area contributed by atoms with Gasteiger partial charge in [-0.2, -0.15) is 0 Å². The van der Waals surface area contributed by atoms with Crippen molar-refractivity contribution in [1.29, 1.82) is 0 Å². The number of nitrogens with zero attached hydrogens (tertiary/aromatic N) is 1. The molecule has 0 bridgehead atoms. The highest BCUT2D eigenvalue weighted by Gasteiger charge is 2.32. The Labute approximate surface area is 212 Å². The van der Waals surface area contributed by atoms with E-state index < -0.39 is 24.7 Å². The molecular weight excluding hydrogens is 522 g/mol. The lowest BCUT2D eigenvalue weighted by Crippen LogP contribution is -2.17. The van der Waals surface area contributed by atoms with Gasteiger partial charge in [-0.3, -0.25) is 4.79 Å². The smallest absolute Gasteiger partial charge is 0.480 e. The van der Waals surface area contributed by atoms with Gasteiger partial charge in [-0.1, -0.05) is 23.2 Å². The molecule has 4 aromatic rings. The van der Waals surface area contributed by atoms with E-state index in [1.54, 1.807) is 41.8 Å². The van der Waals surface area contributed by atoms with Gasteiger partial charge in [-0.25, -0.2) is 4.79 Å². The molecule has 0 aliphatic carbocycles. The number of halogens is 5. The minimum absolute atomic E-state index is 0.0473. The van der Waals surface area contributed by atoms with Crippen molar-refractivity contribution in [2.45, 2.75) is 13.3 Å². The number of ether oxygens (including phenoxy) is 2. The number of fused-ring (bicyclic) bond motifs is 1. The highest BCUT2D eigenvalue weighted by atomic mass is 35.5. The zero-order chi connectivity index (χ0) is 26.2. The fourth-order valence-corrected chi connectivity index (χ4v) is 4.14. The average Bonchev–Trinajstić information content (AvgIpc) is 3.08. The van der Waals surface area contributed by atoms with Gasteiger partial charge < -0.3 is 19.1 Å². The molecular formula is C25H16Cl2F3NO5.